The van der Waals surface area contributed by atoms with Gasteiger partial charge in [0.05, 0.1) is 0 Å². The van der Waals surface area contributed by atoms with Crippen molar-refractivity contribution in [1.82, 2.24) is 19.8 Å². The van der Waals surface area contributed by atoms with E-state index in [1.54, 1.807) is 30.3 Å². The van der Waals surface area contributed by atoms with Gasteiger partial charge in [-0.3, -0.25) is 4.79 Å². The van der Waals surface area contributed by atoms with Crippen molar-refractivity contribution in [2.75, 3.05) is 5.32 Å². The molecular formula is C14H11F3N6O. The van der Waals surface area contributed by atoms with Crippen LogP contribution in [0.2, 0.25) is 0 Å². The van der Waals surface area contributed by atoms with Crippen LogP contribution in [0.3, 0.4) is 0 Å². The molecule has 0 bridgehead atoms. The number of benzene rings is 1. The summed E-state index contributed by atoms with van der Waals surface area (Å²) in [4.78, 5) is 11.7. The summed E-state index contributed by atoms with van der Waals surface area (Å²) >= 11 is 0. The van der Waals surface area contributed by atoms with Crippen LogP contribution in [0, 0.1) is 0 Å². The number of carbonyl (C=O) groups excluding carboxylic acids is 1. The number of amides is 1. The van der Waals surface area contributed by atoms with Crippen molar-refractivity contribution in [3.8, 4) is 0 Å². The van der Waals surface area contributed by atoms with Crippen LogP contribution < -0.4 is 11.1 Å². The van der Waals surface area contributed by atoms with Crippen LogP contribution in [-0.4, -0.2) is 25.7 Å². The summed E-state index contributed by atoms with van der Waals surface area (Å²) in [6, 6.07) is 10.3. The number of halogens is 3. The summed E-state index contributed by atoms with van der Waals surface area (Å²) in [5, 5.41) is 13.0. The van der Waals surface area contributed by atoms with Gasteiger partial charge in [0.15, 0.2) is 5.65 Å². The summed E-state index contributed by atoms with van der Waals surface area (Å²) in [7, 11) is 0. The van der Waals surface area contributed by atoms with Crippen LogP contribution in [0.4, 0.5) is 19.0 Å². The Balaban J connectivity index is 1.98. The van der Waals surface area contributed by atoms with E-state index < -0.39 is 23.9 Å². The first kappa shape index (κ1) is 15.7. The van der Waals surface area contributed by atoms with Gasteiger partial charge in [-0.2, -0.15) is 17.7 Å². The van der Waals surface area contributed by atoms with E-state index in [9.17, 15) is 18.0 Å². The second-order valence-electron chi connectivity index (χ2n) is 4.90. The number of rotatable bonds is 4. The van der Waals surface area contributed by atoms with Crippen molar-refractivity contribution < 1.29 is 18.0 Å². The lowest BCUT2D eigenvalue weighted by atomic mass is 10.1. The van der Waals surface area contributed by atoms with Crippen molar-refractivity contribution in [1.29, 1.82) is 0 Å². The van der Waals surface area contributed by atoms with Gasteiger partial charge in [-0.1, -0.05) is 30.3 Å². The summed E-state index contributed by atoms with van der Waals surface area (Å²) in [5.41, 5.74) is 5.86. The van der Waals surface area contributed by atoms with E-state index in [1.165, 1.54) is 12.1 Å². The van der Waals surface area contributed by atoms with Crippen LogP contribution >= 0.6 is 0 Å². The maximum atomic E-state index is 12.9. The van der Waals surface area contributed by atoms with Crippen LogP contribution in [0.5, 0.6) is 0 Å². The number of carbonyl (C=O) groups is 1. The van der Waals surface area contributed by atoms with Crippen LogP contribution in [0.25, 0.3) is 5.65 Å². The molecule has 10 heteroatoms. The molecule has 0 aliphatic rings. The van der Waals surface area contributed by atoms with Crippen molar-refractivity contribution in [2.24, 2.45) is 5.73 Å². The molecule has 0 saturated carbocycles. The monoisotopic (exact) mass is 336 g/mol. The smallest absolute Gasteiger partial charge is 0.368 e. The second kappa shape index (κ2) is 5.80. The maximum Gasteiger partial charge on any atom is 0.453 e. The quantitative estimate of drug-likeness (QED) is 0.757. The molecule has 0 fully saturated rings. The van der Waals surface area contributed by atoms with Gasteiger partial charge in [0.25, 0.3) is 5.82 Å². The predicted octanol–water partition coefficient (Wildman–Crippen LogP) is 1.78. The highest BCUT2D eigenvalue weighted by Gasteiger charge is 2.37. The molecule has 3 rings (SSSR count). The third-order valence-electron chi connectivity index (χ3n) is 3.23. The van der Waals surface area contributed by atoms with E-state index >= 15 is 0 Å². The largest absolute Gasteiger partial charge is 0.453 e. The van der Waals surface area contributed by atoms with Gasteiger partial charge in [-0.15, -0.1) is 15.3 Å². The standard InChI is InChI=1S/C14H11F3N6O/c15-14(16,17)13-21-20-10-7-6-9(22-23(10)13)19-11(12(18)24)8-4-2-1-3-5-8/h1-7,11H,(H2,18,24)(H,19,22). The van der Waals surface area contributed by atoms with Gasteiger partial charge >= 0.3 is 6.18 Å². The Kier molecular flexibility index (Phi) is 3.80. The summed E-state index contributed by atoms with van der Waals surface area (Å²) in [6.45, 7) is 0. The zero-order valence-electron chi connectivity index (χ0n) is 12.0. The average molecular weight is 336 g/mol. The number of fused-ring (bicyclic) bond motifs is 1. The molecule has 2 heterocycles. The van der Waals surface area contributed by atoms with Gasteiger partial charge in [0, 0.05) is 0 Å². The molecule has 1 atom stereocenters. The Morgan fingerprint density at radius 2 is 1.83 bits per heavy atom. The third kappa shape index (κ3) is 2.98. The molecule has 0 aliphatic carbocycles. The molecule has 2 aromatic heterocycles. The molecule has 7 nitrogen and oxygen atoms in total. The molecule has 0 spiro atoms. The molecule has 0 saturated heterocycles. The Labute approximate surface area is 133 Å². The summed E-state index contributed by atoms with van der Waals surface area (Å²) in [5.74, 6) is -1.92. The number of nitrogens with zero attached hydrogens (tertiary/aromatic N) is 4. The van der Waals surface area contributed by atoms with E-state index in [1.807, 2.05) is 0 Å². The number of primary amides is 1. The third-order valence-corrected chi connectivity index (χ3v) is 3.23. The number of nitrogens with two attached hydrogens (primary N) is 1. The molecule has 0 aliphatic heterocycles. The van der Waals surface area contributed by atoms with Crippen LogP contribution in [0.15, 0.2) is 42.5 Å². The summed E-state index contributed by atoms with van der Waals surface area (Å²) < 4.78 is 39.2. The van der Waals surface area contributed by atoms with Crippen molar-refractivity contribution in [2.45, 2.75) is 12.2 Å². The second-order valence-corrected chi connectivity index (χ2v) is 4.90. The Hall–Kier alpha value is -3.17. The van der Waals surface area contributed by atoms with Crippen molar-refractivity contribution >= 4 is 17.4 Å². The van der Waals surface area contributed by atoms with E-state index in [0.29, 0.717) is 10.1 Å². The Morgan fingerprint density at radius 1 is 1.12 bits per heavy atom. The predicted molar refractivity (Wildman–Crippen MR) is 77.8 cm³/mol. The highest BCUT2D eigenvalue weighted by Crippen LogP contribution is 2.28. The molecular weight excluding hydrogens is 325 g/mol. The summed E-state index contributed by atoms with van der Waals surface area (Å²) in [6.07, 6.45) is -4.70. The van der Waals surface area contributed by atoms with Crippen LogP contribution in [-0.2, 0) is 11.0 Å². The molecule has 1 unspecified atom stereocenters. The SMILES string of the molecule is NC(=O)C(Nc1ccc2nnc(C(F)(F)F)n2n1)c1ccccc1. The fourth-order valence-corrected chi connectivity index (χ4v) is 2.15. The topological polar surface area (TPSA) is 98.2 Å². The van der Waals surface area contributed by atoms with Crippen molar-refractivity contribution in [3.63, 3.8) is 0 Å². The van der Waals surface area contributed by atoms with E-state index in [-0.39, 0.29) is 11.5 Å². The fraction of sp³-hybridized carbons (Fsp3) is 0.143. The first-order valence-corrected chi connectivity index (χ1v) is 6.77. The van der Waals surface area contributed by atoms with E-state index in [0.717, 1.165) is 0 Å². The van der Waals surface area contributed by atoms with Gasteiger partial charge in [0.2, 0.25) is 5.91 Å². The lowest BCUT2D eigenvalue weighted by Crippen LogP contribution is -2.28. The number of aromatic nitrogens is 4. The van der Waals surface area contributed by atoms with Gasteiger partial charge in [0.1, 0.15) is 11.9 Å². The van der Waals surface area contributed by atoms with Gasteiger partial charge in [-0.05, 0) is 17.7 Å². The lowest BCUT2D eigenvalue weighted by molar-refractivity contribution is -0.146. The molecule has 0 radical (unpaired) electrons. The minimum atomic E-state index is -4.70. The average Bonchev–Trinajstić information content (AvgIpc) is 2.96. The molecule has 3 aromatic rings. The molecule has 124 valence electrons. The van der Waals surface area contributed by atoms with Crippen LogP contribution in [0.1, 0.15) is 17.4 Å². The number of nitrogens with one attached hydrogen (secondary N) is 1. The minimum Gasteiger partial charge on any atom is -0.368 e. The zero-order valence-corrected chi connectivity index (χ0v) is 12.0. The minimum absolute atomic E-state index is 0.0282. The Morgan fingerprint density at radius 3 is 2.46 bits per heavy atom. The highest BCUT2D eigenvalue weighted by atomic mass is 19.4. The zero-order chi connectivity index (χ0) is 17.3. The van der Waals surface area contributed by atoms with Gasteiger partial charge < -0.3 is 11.1 Å². The number of anilines is 1. The first-order valence-electron chi connectivity index (χ1n) is 6.77. The molecule has 1 aromatic carbocycles. The van der Waals surface area contributed by atoms with Gasteiger partial charge in [-0.25, -0.2) is 0 Å². The fourth-order valence-electron chi connectivity index (χ4n) is 2.15. The number of hydrogen-bond acceptors (Lipinski definition) is 5. The number of alkyl halides is 3. The molecule has 1 amide bonds. The van der Waals surface area contributed by atoms with E-state index in [4.69, 9.17) is 5.73 Å². The van der Waals surface area contributed by atoms with Crippen molar-refractivity contribution in [3.05, 3.63) is 53.9 Å². The highest BCUT2D eigenvalue weighted by molar-refractivity contribution is 5.84. The first-order chi connectivity index (χ1) is 11.4. The molecule has 3 N–H and O–H groups in total. The Bertz CT molecular complexity index is 877. The number of hydrogen-bond donors (Lipinski definition) is 2. The maximum absolute atomic E-state index is 12.9. The normalized spacial score (nSPS) is 13.0. The molecule has 24 heavy (non-hydrogen) atoms. The van der Waals surface area contributed by atoms with E-state index in [2.05, 4.69) is 20.6 Å². The lowest BCUT2D eigenvalue weighted by Gasteiger charge is -2.16.